The maximum absolute atomic E-state index is 4.53. The van der Waals surface area contributed by atoms with E-state index in [0.29, 0.717) is 0 Å². The number of hydrogen-bond acceptors (Lipinski definition) is 3. The Morgan fingerprint density at radius 1 is 1.35 bits per heavy atom. The number of aryl methyl sites for hydroxylation is 1. The van der Waals surface area contributed by atoms with Gasteiger partial charge >= 0.3 is 0 Å². The average molecular weight is 246 g/mol. The van der Waals surface area contributed by atoms with Gasteiger partial charge in [0.25, 0.3) is 0 Å². The number of aromatic nitrogens is 1. The maximum Gasteiger partial charge on any atom is 0.0847 e. The van der Waals surface area contributed by atoms with Gasteiger partial charge in [0.2, 0.25) is 0 Å². The summed E-state index contributed by atoms with van der Waals surface area (Å²) in [5.74, 6) is 0. The van der Waals surface area contributed by atoms with Crippen LogP contribution in [0.25, 0.3) is 0 Å². The first-order chi connectivity index (χ1) is 8.33. The molecule has 0 aromatic carbocycles. The highest BCUT2D eigenvalue weighted by molar-refractivity contribution is 7.10. The van der Waals surface area contributed by atoms with Crippen molar-refractivity contribution in [3.63, 3.8) is 0 Å². The lowest BCUT2D eigenvalue weighted by Gasteiger charge is -2.18. The molecule has 17 heavy (non-hydrogen) atoms. The summed E-state index contributed by atoms with van der Waals surface area (Å²) in [7, 11) is 0. The minimum absolute atomic E-state index is 0.233. The van der Waals surface area contributed by atoms with Crippen LogP contribution in [-0.4, -0.2) is 11.5 Å². The molecule has 90 valence electrons. The summed E-state index contributed by atoms with van der Waals surface area (Å²) < 4.78 is 0. The van der Waals surface area contributed by atoms with E-state index in [9.17, 15) is 0 Å². The molecule has 1 atom stereocenters. The average Bonchev–Trinajstić information content (AvgIpc) is 2.85. The van der Waals surface area contributed by atoms with Crippen molar-refractivity contribution < 1.29 is 0 Å². The quantitative estimate of drug-likeness (QED) is 0.873. The van der Waals surface area contributed by atoms with Gasteiger partial charge in [-0.3, -0.25) is 4.98 Å². The Balaban J connectivity index is 2.30. The number of hydrogen-bond donors (Lipinski definition) is 1. The molecule has 0 saturated carbocycles. The third-order valence-electron chi connectivity index (χ3n) is 2.75. The van der Waals surface area contributed by atoms with Gasteiger partial charge < -0.3 is 5.32 Å². The van der Waals surface area contributed by atoms with Gasteiger partial charge in [0.15, 0.2) is 0 Å². The summed E-state index contributed by atoms with van der Waals surface area (Å²) >= 11 is 1.78. The number of nitrogens with zero attached hydrogens (tertiary/aromatic N) is 1. The fraction of sp³-hybridized carbons (Fsp3) is 0.357. The predicted molar refractivity (Wildman–Crippen MR) is 73.4 cm³/mol. The van der Waals surface area contributed by atoms with Crippen LogP contribution in [0.1, 0.15) is 35.5 Å². The van der Waals surface area contributed by atoms with E-state index in [4.69, 9.17) is 0 Å². The molecule has 2 nitrogen and oxygen atoms in total. The van der Waals surface area contributed by atoms with Crippen LogP contribution in [0.4, 0.5) is 0 Å². The van der Waals surface area contributed by atoms with Gasteiger partial charge in [-0.15, -0.1) is 11.3 Å². The Bertz CT molecular complexity index is 451. The van der Waals surface area contributed by atoms with Crippen LogP contribution >= 0.6 is 11.3 Å². The molecule has 0 radical (unpaired) electrons. The highest BCUT2D eigenvalue weighted by Crippen LogP contribution is 2.26. The third kappa shape index (κ3) is 2.93. The zero-order chi connectivity index (χ0) is 12.1. The van der Waals surface area contributed by atoms with Crippen molar-refractivity contribution in [2.75, 3.05) is 6.54 Å². The summed E-state index contributed by atoms with van der Waals surface area (Å²) in [5.41, 5.74) is 2.39. The fourth-order valence-electron chi connectivity index (χ4n) is 1.88. The van der Waals surface area contributed by atoms with Crippen molar-refractivity contribution in [1.82, 2.24) is 10.3 Å². The predicted octanol–water partition coefficient (Wildman–Crippen LogP) is 3.54. The van der Waals surface area contributed by atoms with Crippen molar-refractivity contribution in [3.05, 3.63) is 52.0 Å². The second kappa shape index (κ2) is 5.94. The van der Waals surface area contributed by atoms with E-state index in [2.05, 4.69) is 47.7 Å². The van der Waals surface area contributed by atoms with E-state index in [-0.39, 0.29) is 6.04 Å². The Labute approximate surface area is 107 Å². The molecular weight excluding hydrogens is 228 g/mol. The number of thiophene rings is 1. The van der Waals surface area contributed by atoms with Crippen LogP contribution in [0.15, 0.2) is 35.8 Å². The third-order valence-corrected chi connectivity index (χ3v) is 3.69. The summed E-state index contributed by atoms with van der Waals surface area (Å²) in [5, 5.41) is 5.70. The van der Waals surface area contributed by atoms with Gasteiger partial charge in [-0.1, -0.05) is 19.1 Å². The fourth-order valence-corrected chi connectivity index (χ4v) is 2.68. The van der Waals surface area contributed by atoms with Gasteiger partial charge in [-0.2, -0.15) is 0 Å². The van der Waals surface area contributed by atoms with E-state index in [1.165, 1.54) is 10.4 Å². The number of nitrogens with one attached hydrogen (secondary N) is 1. The molecule has 2 aromatic heterocycles. The van der Waals surface area contributed by atoms with Crippen LogP contribution in [0.3, 0.4) is 0 Å². The molecule has 0 aliphatic rings. The molecule has 0 bridgehead atoms. The monoisotopic (exact) mass is 246 g/mol. The SMILES string of the molecule is CCCNC(c1cccs1)c1ncccc1C. The largest absolute Gasteiger partial charge is 0.304 e. The lowest BCUT2D eigenvalue weighted by Crippen LogP contribution is -2.24. The molecule has 0 spiro atoms. The van der Waals surface area contributed by atoms with Crippen molar-refractivity contribution >= 4 is 11.3 Å². The minimum atomic E-state index is 0.233. The van der Waals surface area contributed by atoms with E-state index in [1.54, 1.807) is 11.3 Å². The van der Waals surface area contributed by atoms with Crippen LogP contribution in [0.2, 0.25) is 0 Å². The molecule has 3 heteroatoms. The normalized spacial score (nSPS) is 12.6. The maximum atomic E-state index is 4.53. The van der Waals surface area contributed by atoms with Gasteiger partial charge in [0, 0.05) is 11.1 Å². The first-order valence-electron chi connectivity index (χ1n) is 6.01. The molecule has 2 aromatic rings. The van der Waals surface area contributed by atoms with Gasteiger partial charge in [-0.25, -0.2) is 0 Å². The zero-order valence-electron chi connectivity index (χ0n) is 10.3. The molecule has 0 saturated heterocycles. The Morgan fingerprint density at radius 2 is 2.24 bits per heavy atom. The second-order valence-corrected chi connectivity index (χ2v) is 5.09. The molecule has 0 aliphatic carbocycles. The van der Waals surface area contributed by atoms with Gasteiger partial charge in [0.05, 0.1) is 11.7 Å². The highest BCUT2D eigenvalue weighted by Gasteiger charge is 2.17. The van der Waals surface area contributed by atoms with E-state index < -0.39 is 0 Å². The van der Waals surface area contributed by atoms with Gasteiger partial charge in [-0.05, 0) is 43.0 Å². The van der Waals surface area contributed by atoms with E-state index >= 15 is 0 Å². The first kappa shape index (κ1) is 12.3. The molecule has 2 heterocycles. The highest BCUT2D eigenvalue weighted by atomic mass is 32.1. The van der Waals surface area contributed by atoms with Crippen LogP contribution < -0.4 is 5.32 Å². The van der Waals surface area contributed by atoms with Gasteiger partial charge in [0.1, 0.15) is 0 Å². The lowest BCUT2D eigenvalue weighted by molar-refractivity contribution is 0.591. The number of pyridine rings is 1. The smallest absolute Gasteiger partial charge is 0.0847 e. The molecule has 0 fully saturated rings. The molecular formula is C14H18N2S. The summed E-state index contributed by atoms with van der Waals surface area (Å²) in [6, 6.07) is 8.61. The van der Waals surface area contributed by atoms with Crippen LogP contribution in [-0.2, 0) is 0 Å². The molecule has 2 rings (SSSR count). The van der Waals surface area contributed by atoms with Crippen molar-refractivity contribution in [3.8, 4) is 0 Å². The van der Waals surface area contributed by atoms with Crippen molar-refractivity contribution in [2.24, 2.45) is 0 Å². The topological polar surface area (TPSA) is 24.9 Å². The number of rotatable bonds is 5. The van der Waals surface area contributed by atoms with Crippen molar-refractivity contribution in [1.29, 1.82) is 0 Å². The van der Waals surface area contributed by atoms with Crippen molar-refractivity contribution in [2.45, 2.75) is 26.3 Å². The molecule has 1 N–H and O–H groups in total. The first-order valence-corrected chi connectivity index (χ1v) is 6.89. The Kier molecular flexibility index (Phi) is 4.29. The van der Waals surface area contributed by atoms with Crippen LogP contribution in [0.5, 0.6) is 0 Å². The van der Waals surface area contributed by atoms with Crippen LogP contribution in [0, 0.1) is 6.92 Å². The summed E-state index contributed by atoms with van der Waals surface area (Å²) in [6.07, 6.45) is 3.00. The Morgan fingerprint density at radius 3 is 2.88 bits per heavy atom. The minimum Gasteiger partial charge on any atom is -0.304 e. The van der Waals surface area contributed by atoms with E-state index in [1.807, 2.05) is 12.3 Å². The summed E-state index contributed by atoms with van der Waals surface area (Å²) in [6.45, 7) is 5.32. The molecule has 0 amide bonds. The standard InChI is InChI=1S/C14H18N2S/c1-3-8-15-14(12-7-5-10-17-12)13-11(2)6-4-9-16-13/h4-7,9-10,14-15H,3,8H2,1-2H3. The Hall–Kier alpha value is -1.19. The zero-order valence-corrected chi connectivity index (χ0v) is 11.1. The molecule has 1 unspecified atom stereocenters. The molecule has 0 aliphatic heterocycles. The summed E-state index contributed by atoms with van der Waals surface area (Å²) in [4.78, 5) is 5.87. The van der Waals surface area contributed by atoms with E-state index in [0.717, 1.165) is 18.7 Å². The lowest BCUT2D eigenvalue weighted by atomic mass is 10.1. The second-order valence-electron chi connectivity index (χ2n) is 4.11.